The van der Waals surface area contributed by atoms with E-state index in [9.17, 15) is 22.8 Å². The Balaban J connectivity index is 2.14. The first-order valence-corrected chi connectivity index (χ1v) is 9.36. The zero-order valence-corrected chi connectivity index (χ0v) is 16.8. The maximum atomic E-state index is 12.7. The molecular formula is C17H18ClF3N6O3. The third-order valence-electron chi connectivity index (χ3n) is 4.41. The van der Waals surface area contributed by atoms with Crippen molar-refractivity contribution in [2.24, 2.45) is 7.05 Å². The molecule has 1 N–H and O–H groups in total. The molecule has 3 heterocycles. The molecule has 1 unspecified atom stereocenters. The van der Waals surface area contributed by atoms with Gasteiger partial charge >= 0.3 is 17.8 Å². The van der Waals surface area contributed by atoms with Crippen molar-refractivity contribution >= 4 is 34.6 Å². The molecule has 0 aliphatic carbocycles. The van der Waals surface area contributed by atoms with Gasteiger partial charge in [-0.3, -0.25) is 9.13 Å². The van der Waals surface area contributed by atoms with Crippen LogP contribution in [0.4, 0.5) is 19.0 Å². The van der Waals surface area contributed by atoms with E-state index in [-0.39, 0.29) is 41.9 Å². The molecule has 2 aromatic heterocycles. The number of aromatic nitrogens is 4. The predicted molar refractivity (Wildman–Crippen MR) is 102 cm³/mol. The lowest BCUT2D eigenvalue weighted by Gasteiger charge is -2.36. The first kappa shape index (κ1) is 21.9. The number of carbonyl (C=O) groups excluding carboxylic acids is 1. The average Bonchev–Trinajstić information content (AvgIpc) is 2.92. The van der Waals surface area contributed by atoms with Crippen LogP contribution in [0.3, 0.4) is 0 Å². The third-order valence-corrected chi connectivity index (χ3v) is 4.58. The standard InChI is InChI=1S/C17H18ClF3N6O3/c1-3-4-5-7-27-11-12(25(2)16(27)29)23-15(18)24-13(11)26-8-6-22-9-10(26)30-14(28)17(19,20)21/h10,22H,3,6-9H2,1-2H3. The lowest BCUT2D eigenvalue weighted by Crippen LogP contribution is -2.54. The van der Waals surface area contributed by atoms with E-state index >= 15 is 0 Å². The number of nitrogens with zero attached hydrogens (tertiary/aromatic N) is 5. The van der Waals surface area contributed by atoms with Crippen molar-refractivity contribution in [2.75, 3.05) is 24.5 Å². The van der Waals surface area contributed by atoms with Crippen molar-refractivity contribution in [3.05, 3.63) is 15.8 Å². The topological polar surface area (TPSA) is 94.3 Å². The summed E-state index contributed by atoms with van der Waals surface area (Å²) in [5.41, 5.74) is -0.00724. The number of anilines is 1. The van der Waals surface area contributed by atoms with Crippen molar-refractivity contribution in [1.82, 2.24) is 24.4 Å². The molecule has 0 bridgehead atoms. The second kappa shape index (κ2) is 8.53. The van der Waals surface area contributed by atoms with Crippen LogP contribution < -0.4 is 15.9 Å². The Morgan fingerprint density at radius 1 is 1.37 bits per heavy atom. The minimum atomic E-state index is -5.15. The van der Waals surface area contributed by atoms with E-state index in [0.29, 0.717) is 13.0 Å². The van der Waals surface area contributed by atoms with Gasteiger partial charge in [0.15, 0.2) is 17.7 Å². The quantitative estimate of drug-likeness (QED) is 0.427. The Kier molecular flexibility index (Phi) is 6.23. The summed E-state index contributed by atoms with van der Waals surface area (Å²) in [7, 11) is 1.49. The summed E-state index contributed by atoms with van der Waals surface area (Å²) in [6, 6.07) is 0. The normalized spacial score (nSPS) is 17.0. The van der Waals surface area contributed by atoms with E-state index < -0.39 is 24.1 Å². The van der Waals surface area contributed by atoms with Gasteiger partial charge in [0.1, 0.15) is 5.52 Å². The van der Waals surface area contributed by atoms with Crippen molar-refractivity contribution in [1.29, 1.82) is 0 Å². The van der Waals surface area contributed by atoms with Crippen LogP contribution in [-0.2, 0) is 23.1 Å². The maximum Gasteiger partial charge on any atom is 0.491 e. The van der Waals surface area contributed by atoms with Crippen molar-refractivity contribution < 1.29 is 22.7 Å². The molecule has 9 nitrogen and oxygen atoms in total. The number of fused-ring (bicyclic) bond motifs is 1. The number of hydrogen-bond donors (Lipinski definition) is 1. The molecule has 13 heteroatoms. The number of esters is 1. The van der Waals surface area contributed by atoms with E-state index in [2.05, 4.69) is 31.9 Å². The number of alkyl halides is 3. The molecule has 0 aromatic carbocycles. The lowest BCUT2D eigenvalue weighted by atomic mass is 10.3. The molecular weight excluding hydrogens is 429 g/mol. The molecule has 1 fully saturated rings. The predicted octanol–water partition coefficient (Wildman–Crippen LogP) is 1.04. The Bertz CT molecular complexity index is 1080. The van der Waals surface area contributed by atoms with E-state index in [0.717, 1.165) is 0 Å². The van der Waals surface area contributed by atoms with Crippen LogP contribution >= 0.6 is 11.6 Å². The summed E-state index contributed by atoms with van der Waals surface area (Å²) in [6.07, 6.45) is -5.87. The fourth-order valence-electron chi connectivity index (χ4n) is 3.07. The van der Waals surface area contributed by atoms with Gasteiger partial charge in [0.2, 0.25) is 5.28 Å². The molecule has 2 aromatic rings. The number of imidazole rings is 1. The first-order valence-electron chi connectivity index (χ1n) is 8.98. The molecule has 0 spiro atoms. The SMILES string of the molecule is CCC#CCn1c(=O)n(C)c2nc(Cl)nc(N3CCNCC3OC(=O)C(F)(F)F)c21. The molecule has 162 valence electrons. The van der Waals surface area contributed by atoms with Gasteiger partial charge in [-0.15, -0.1) is 5.92 Å². The number of halogens is 4. The molecule has 3 rings (SSSR count). The Labute approximate surface area is 173 Å². The van der Waals surface area contributed by atoms with E-state index in [1.54, 1.807) is 0 Å². The summed E-state index contributed by atoms with van der Waals surface area (Å²) in [5.74, 6) is 3.47. The number of ether oxygens (including phenoxy) is 1. The second-order valence-electron chi connectivity index (χ2n) is 6.38. The average molecular weight is 447 g/mol. The number of aryl methyl sites for hydroxylation is 1. The fraction of sp³-hybridized carbons (Fsp3) is 0.529. The highest BCUT2D eigenvalue weighted by Gasteiger charge is 2.44. The number of rotatable bonds is 3. The molecule has 1 saturated heterocycles. The van der Waals surface area contributed by atoms with Crippen molar-refractivity contribution in [3.8, 4) is 11.8 Å². The highest BCUT2D eigenvalue weighted by molar-refractivity contribution is 6.28. The summed E-state index contributed by atoms with van der Waals surface area (Å²) in [6.45, 7) is 2.35. The zero-order valence-electron chi connectivity index (χ0n) is 16.1. The van der Waals surface area contributed by atoms with E-state index in [1.807, 2.05) is 6.92 Å². The van der Waals surface area contributed by atoms with Crippen LogP contribution in [0.5, 0.6) is 0 Å². The molecule has 1 aliphatic heterocycles. The van der Waals surface area contributed by atoms with Gasteiger partial charge in [-0.2, -0.15) is 23.1 Å². The Hall–Kier alpha value is -2.78. The molecule has 0 saturated carbocycles. The monoisotopic (exact) mass is 446 g/mol. The first-order chi connectivity index (χ1) is 14.1. The fourth-order valence-corrected chi connectivity index (χ4v) is 3.23. The maximum absolute atomic E-state index is 12.7. The zero-order chi connectivity index (χ0) is 22.1. The smallest absolute Gasteiger partial charge is 0.433 e. The van der Waals surface area contributed by atoms with Gasteiger partial charge in [-0.05, 0) is 11.6 Å². The largest absolute Gasteiger partial charge is 0.491 e. The lowest BCUT2D eigenvalue weighted by molar-refractivity contribution is -0.205. The van der Waals surface area contributed by atoms with Crippen LogP contribution in [0, 0.1) is 11.8 Å². The summed E-state index contributed by atoms with van der Waals surface area (Å²) in [5, 5.41) is 2.66. The Morgan fingerprint density at radius 2 is 2.10 bits per heavy atom. The van der Waals surface area contributed by atoms with Gasteiger partial charge in [0.25, 0.3) is 0 Å². The summed E-state index contributed by atoms with van der Waals surface area (Å²) < 4.78 is 45.4. The summed E-state index contributed by atoms with van der Waals surface area (Å²) >= 11 is 6.02. The number of carbonyl (C=O) groups is 1. The molecule has 30 heavy (non-hydrogen) atoms. The number of hydrogen-bond acceptors (Lipinski definition) is 7. The van der Waals surface area contributed by atoms with Gasteiger partial charge in [-0.1, -0.05) is 12.8 Å². The second-order valence-corrected chi connectivity index (χ2v) is 6.72. The van der Waals surface area contributed by atoms with Crippen LogP contribution in [0.15, 0.2) is 4.79 Å². The van der Waals surface area contributed by atoms with E-state index in [1.165, 1.54) is 21.1 Å². The third kappa shape index (κ3) is 4.22. The van der Waals surface area contributed by atoms with Crippen molar-refractivity contribution in [2.45, 2.75) is 32.3 Å². The number of piperazine rings is 1. The van der Waals surface area contributed by atoms with Crippen LogP contribution in [0.2, 0.25) is 5.28 Å². The minimum absolute atomic E-state index is 0.0289. The van der Waals surface area contributed by atoms with Gasteiger partial charge in [0, 0.05) is 26.6 Å². The van der Waals surface area contributed by atoms with Crippen molar-refractivity contribution in [3.63, 3.8) is 0 Å². The summed E-state index contributed by atoms with van der Waals surface area (Å²) in [4.78, 5) is 33.7. The van der Waals surface area contributed by atoms with Gasteiger partial charge in [-0.25, -0.2) is 9.59 Å². The minimum Gasteiger partial charge on any atom is -0.433 e. The highest BCUT2D eigenvalue weighted by atomic mass is 35.5. The van der Waals surface area contributed by atoms with Crippen LogP contribution in [-0.4, -0.2) is 57.1 Å². The number of nitrogens with one attached hydrogen (secondary N) is 1. The van der Waals surface area contributed by atoms with Gasteiger partial charge in [0.05, 0.1) is 13.1 Å². The van der Waals surface area contributed by atoms with Crippen LogP contribution in [0.1, 0.15) is 13.3 Å². The van der Waals surface area contributed by atoms with Crippen LogP contribution in [0.25, 0.3) is 11.2 Å². The molecule has 0 amide bonds. The Morgan fingerprint density at radius 3 is 2.77 bits per heavy atom. The van der Waals surface area contributed by atoms with E-state index in [4.69, 9.17) is 11.6 Å². The molecule has 1 atom stereocenters. The molecule has 0 radical (unpaired) electrons. The van der Waals surface area contributed by atoms with Gasteiger partial charge < -0.3 is 15.0 Å². The highest BCUT2D eigenvalue weighted by Crippen LogP contribution is 2.28. The molecule has 1 aliphatic rings.